The molecule has 2 saturated heterocycles. The first-order valence-electron chi connectivity index (χ1n) is 10.2. The fourth-order valence-corrected chi connectivity index (χ4v) is 5.48. The van der Waals surface area contributed by atoms with E-state index in [2.05, 4.69) is 32.3 Å². The van der Waals surface area contributed by atoms with Crippen LogP contribution in [0, 0.1) is 0 Å². The summed E-state index contributed by atoms with van der Waals surface area (Å²) in [6, 6.07) is 13.6. The minimum Gasteiger partial charge on any atom is -0.431 e. The summed E-state index contributed by atoms with van der Waals surface area (Å²) in [6.07, 6.45) is 6.35. The van der Waals surface area contributed by atoms with Gasteiger partial charge in [0, 0.05) is 37.8 Å². The molecule has 2 aliphatic rings. The number of fused-ring (bicyclic) bond motifs is 3. The molecule has 7 heteroatoms. The van der Waals surface area contributed by atoms with Crippen molar-refractivity contribution < 1.29 is 9.53 Å². The average Bonchev–Trinajstić information content (AvgIpc) is 3.20. The Kier molecular flexibility index (Phi) is 4.93. The molecule has 0 aliphatic carbocycles. The molecule has 150 valence electrons. The molecule has 2 aromatic heterocycles. The van der Waals surface area contributed by atoms with Gasteiger partial charge in [-0.1, -0.05) is 23.5 Å². The molecule has 3 aromatic rings. The molecule has 1 amide bonds. The van der Waals surface area contributed by atoms with Gasteiger partial charge in [0.2, 0.25) is 5.91 Å². The van der Waals surface area contributed by atoms with Gasteiger partial charge in [0.15, 0.2) is 0 Å². The number of amides is 1. The number of rotatable bonds is 5. The molecule has 29 heavy (non-hydrogen) atoms. The highest BCUT2D eigenvalue weighted by atomic mass is 32.1. The van der Waals surface area contributed by atoms with E-state index in [-0.39, 0.29) is 5.91 Å². The van der Waals surface area contributed by atoms with Gasteiger partial charge in [-0.3, -0.25) is 9.69 Å². The zero-order chi connectivity index (χ0) is 19.8. The maximum absolute atomic E-state index is 11.4. The number of aromatic nitrogens is 2. The molecule has 0 spiro atoms. The van der Waals surface area contributed by atoms with Crippen molar-refractivity contribution in [1.29, 1.82) is 0 Å². The number of carbonyl (C=O) groups excluding carboxylic acids is 1. The molecular weight excluding hydrogens is 384 g/mol. The van der Waals surface area contributed by atoms with Crippen molar-refractivity contribution >= 4 is 27.6 Å². The molecule has 1 unspecified atom stereocenters. The first-order valence-corrected chi connectivity index (χ1v) is 11.0. The molecule has 1 N–H and O–H groups in total. The standard InChI is InChI=1S/C22H24N4O2S/c1-14(27)24-16-11-17-6-7-18(12-16)26(17)13-15-4-8-19(9-5-15)28-22-25-20-3-2-10-23-21(20)29-22/h2-5,8-10,16-18H,6-7,11-13H2,1H3,(H,24,27)/t16?,17-,18+. The fraction of sp³-hybridized carbons (Fsp3) is 0.409. The summed E-state index contributed by atoms with van der Waals surface area (Å²) in [4.78, 5) is 23.7. The number of nitrogens with one attached hydrogen (secondary N) is 1. The number of nitrogens with zero attached hydrogens (tertiary/aromatic N) is 3. The summed E-state index contributed by atoms with van der Waals surface area (Å²) >= 11 is 1.46. The predicted octanol–water partition coefficient (Wildman–Crippen LogP) is 4.12. The van der Waals surface area contributed by atoms with E-state index < -0.39 is 0 Å². The maximum Gasteiger partial charge on any atom is 0.281 e. The monoisotopic (exact) mass is 408 g/mol. The lowest BCUT2D eigenvalue weighted by molar-refractivity contribution is -0.120. The van der Waals surface area contributed by atoms with Gasteiger partial charge in [0.05, 0.1) is 0 Å². The van der Waals surface area contributed by atoms with Crippen molar-refractivity contribution in [3.05, 3.63) is 48.2 Å². The molecule has 5 rings (SSSR count). The predicted molar refractivity (Wildman–Crippen MR) is 113 cm³/mol. The van der Waals surface area contributed by atoms with Crippen molar-refractivity contribution in [2.45, 2.75) is 57.3 Å². The number of thiazole rings is 1. The lowest BCUT2D eigenvalue weighted by Crippen LogP contribution is -2.49. The van der Waals surface area contributed by atoms with Crippen LogP contribution in [0.2, 0.25) is 0 Å². The molecule has 3 atom stereocenters. The number of piperidine rings is 1. The third kappa shape index (κ3) is 3.97. The molecular formula is C22H24N4O2S. The molecule has 0 saturated carbocycles. The Bertz CT molecular complexity index is 972. The number of hydrogen-bond acceptors (Lipinski definition) is 6. The Labute approximate surface area is 173 Å². The zero-order valence-corrected chi connectivity index (χ0v) is 17.2. The molecule has 2 bridgehead atoms. The van der Waals surface area contributed by atoms with Gasteiger partial charge in [-0.25, -0.2) is 9.97 Å². The van der Waals surface area contributed by atoms with Gasteiger partial charge < -0.3 is 10.1 Å². The molecule has 1 aromatic carbocycles. The van der Waals surface area contributed by atoms with Crippen LogP contribution in [-0.2, 0) is 11.3 Å². The SMILES string of the molecule is CC(=O)NC1C[C@H]2CC[C@@H](C1)N2Cc1ccc(Oc2nc3cccnc3s2)cc1. The Morgan fingerprint density at radius 1 is 1.21 bits per heavy atom. The van der Waals surface area contributed by atoms with E-state index in [0.717, 1.165) is 35.5 Å². The quantitative estimate of drug-likeness (QED) is 0.688. The minimum absolute atomic E-state index is 0.0855. The summed E-state index contributed by atoms with van der Waals surface area (Å²) < 4.78 is 5.93. The van der Waals surface area contributed by atoms with Crippen LogP contribution >= 0.6 is 11.3 Å². The van der Waals surface area contributed by atoms with Crippen molar-refractivity contribution in [2.75, 3.05) is 0 Å². The van der Waals surface area contributed by atoms with E-state index in [9.17, 15) is 4.79 Å². The van der Waals surface area contributed by atoms with E-state index in [4.69, 9.17) is 4.74 Å². The third-order valence-corrected chi connectivity index (χ3v) is 6.79. The largest absolute Gasteiger partial charge is 0.431 e. The highest BCUT2D eigenvalue weighted by molar-refractivity contribution is 7.19. The Morgan fingerprint density at radius 2 is 1.97 bits per heavy atom. The average molecular weight is 409 g/mol. The zero-order valence-electron chi connectivity index (χ0n) is 16.4. The van der Waals surface area contributed by atoms with Crippen LogP contribution in [0.25, 0.3) is 10.3 Å². The van der Waals surface area contributed by atoms with Gasteiger partial charge in [-0.05, 0) is 55.5 Å². The number of pyridine rings is 1. The van der Waals surface area contributed by atoms with Crippen LogP contribution in [0.5, 0.6) is 10.9 Å². The second-order valence-corrected chi connectivity index (χ2v) is 8.92. The van der Waals surface area contributed by atoms with E-state index in [1.807, 2.05) is 24.3 Å². The highest BCUT2D eigenvalue weighted by Gasteiger charge is 2.40. The molecule has 2 fully saturated rings. The second kappa shape index (κ2) is 7.72. The Hall–Kier alpha value is -2.51. The van der Waals surface area contributed by atoms with Crippen LogP contribution in [0.3, 0.4) is 0 Å². The molecule has 4 heterocycles. The smallest absolute Gasteiger partial charge is 0.281 e. The Morgan fingerprint density at radius 3 is 2.66 bits per heavy atom. The third-order valence-electron chi connectivity index (χ3n) is 5.93. The summed E-state index contributed by atoms with van der Waals surface area (Å²) in [5.41, 5.74) is 2.15. The summed E-state index contributed by atoms with van der Waals surface area (Å²) in [5, 5.41) is 3.73. The highest BCUT2D eigenvalue weighted by Crippen LogP contribution is 2.37. The van der Waals surface area contributed by atoms with Gasteiger partial charge in [-0.15, -0.1) is 0 Å². The first kappa shape index (κ1) is 18.5. The van der Waals surface area contributed by atoms with E-state index >= 15 is 0 Å². The molecule has 0 radical (unpaired) electrons. The van der Waals surface area contributed by atoms with Crippen molar-refractivity contribution in [3.8, 4) is 10.9 Å². The maximum atomic E-state index is 11.4. The number of ether oxygens (including phenoxy) is 1. The van der Waals surface area contributed by atoms with Crippen LogP contribution in [0.15, 0.2) is 42.6 Å². The lowest BCUT2D eigenvalue weighted by Gasteiger charge is -2.39. The fourth-order valence-electron chi connectivity index (χ4n) is 4.71. The second-order valence-electron chi connectivity index (χ2n) is 7.98. The van der Waals surface area contributed by atoms with E-state index in [1.54, 1.807) is 13.1 Å². The van der Waals surface area contributed by atoms with Crippen molar-refractivity contribution in [2.24, 2.45) is 0 Å². The van der Waals surface area contributed by atoms with E-state index in [1.165, 1.54) is 29.7 Å². The van der Waals surface area contributed by atoms with Gasteiger partial charge >= 0.3 is 0 Å². The van der Waals surface area contributed by atoms with Gasteiger partial charge in [0.1, 0.15) is 16.1 Å². The van der Waals surface area contributed by atoms with Crippen molar-refractivity contribution in [1.82, 2.24) is 20.2 Å². The summed E-state index contributed by atoms with van der Waals surface area (Å²) in [6.45, 7) is 2.57. The number of hydrogen-bond donors (Lipinski definition) is 1. The topological polar surface area (TPSA) is 67.4 Å². The molecule has 6 nitrogen and oxygen atoms in total. The van der Waals surface area contributed by atoms with Crippen LogP contribution in [-0.4, -0.2) is 38.9 Å². The van der Waals surface area contributed by atoms with Crippen molar-refractivity contribution in [3.63, 3.8) is 0 Å². The normalized spacial score (nSPS) is 24.0. The van der Waals surface area contributed by atoms with Crippen LogP contribution in [0.1, 0.15) is 38.2 Å². The Balaban J connectivity index is 1.22. The first-order chi connectivity index (χ1) is 14.1. The lowest BCUT2D eigenvalue weighted by atomic mass is 9.96. The summed E-state index contributed by atoms with van der Waals surface area (Å²) in [7, 11) is 0. The van der Waals surface area contributed by atoms with Gasteiger partial charge in [0.25, 0.3) is 5.19 Å². The van der Waals surface area contributed by atoms with Crippen LogP contribution in [0.4, 0.5) is 0 Å². The molecule has 2 aliphatic heterocycles. The summed E-state index contributed by atoms with van der Waals surface area (Å²) in [5.74, 6) is 0.877. The minimum atomic E-state index is 0.0855. The van der Waals surface area contributed by atoms with E-state index in [0.29, 0.717) is 23.3 Å². The number of benzene rings is 1. The van der Waals surface area contributed by atoms with Crippen LogP contribution < -0.4 is 10.1 Å². The number of carbonyl (C=O) groups is 1. The van der Waals surface area contributed by atoms with Gasteiger partial charge in [-0.2, -0.15) is 0 Å².